The molecule has 1 N–H and O–H groups in total. The summed E-state index contributed by atoms with van der Waals surface area (Å²) in [7, 11) is 0. The van der Waals surface area contributed by atoms with Gasteiger partial charge in [-0.25, -0.2) is 0 Å². The van der Waals surface area contributed by atoms with Crippen LogP contribution in [0, 0.1) is 23.0 Å². The largest absolute Gasteiger partial charge is 0.377 e. The number of benzene rings is 2. The Hall–Kier alpha value is -2.04. The summed E-state index contributed by atoms with van der Waals surface area (Å²) >= 11 is 12.3. The van der Waals surface area contributed by atoms with Crippen LogP contribution in [0.3, 0.4) is 0 Å². The number of nitrogens with zero attached hydrogens (tertiary/aromatic N) is 1. The Morgan fingerprint density at radius 3 is 2.72 bits per heavy atom. The van der Waals surface area contributed by atoms with Crippen LogP contribution in [0.5, 0.6) is 0 Å². The summed E-state index contributed by atoms with van der Waals surface area (Å²) in [5.41, 5.74) is 4.09. The van der Waals surface area contributed by atoms with Crippen molar-refractivity contribution in [2.24, 2.45) is 5.92 Å². The highest BCUT2D eigenvalue weighted by Gasteiger charge is 2.39. The summed E-state index contributed by atoms with van der Waals surface area (Å²) in [4.78, 5) is 10.8. The van der Waals surface area contributed by atoms with Crippen molar-refractivity contribution >= 4 is 34.6 Å². The van der Waals surface area contributed by atoms with Crippen LogP contribution in [0.4, 0.5) is 11.4 Å². The highest BCUT2D eigenvalue weighted by Crippen LogP contribution is 2.51. The van der Waals surface area contributed by atoms with Gasteiger partial charge >= 0.3 is 0 Å². The number of fused-ring (bicyclic) bond motifs is 3. The van der Waals surface area contributed by atoms with Gasteiger partial charge in [-0.05, 0) is 48.1 Å². The first-order valence-electron chi connectivity index (χ1n) is 8.13. The number of nitro benzene ring substituents is 1. The van der Waals surface area contributed by atoms with Gasteiger partial charge in [0.25, 0.3) is 5.69 Å². The number of hydrogen-bond acceptors (Lipinski definition) is 3. The van der Waals surface area contributed by atoms with E-state index in [0.717, 1.165) is 23.2 Å². The summed E-state index contributed by atoms with van der Waals surface area (Å²) in [6.07, 6.45) is 5.35. The van der Waals surface area contributed by atoms with Gasteiger partial charge in [-0.15, -0.1) is 0 Å². The van der Waals surface area contributed by atoms with Gasteiger partial charge in [0.15, 0.2) is 0 Å². The molecule has 3 unspecified atom stereocenters. The van der Waals surface area contributed by atoms with E-state index in [1.807, 2.05) is 19.1 Å². The Balaban J connectivity index is 1.83. The second kappa shape index (κ2) is 6.04. The van der Waals surface area contributed by atoms with E-state index in [4.69, 9.17) is 23.2 Å². The van der Waals surface area contributed by atoms with Crippen LogP contribution in [0.15, 0.2) is 42.5 Å². The average molecular weight is 375 g/mol. The first-order valence-corrected chi connectivity index (χ1v) is 8.89. The van der Waals surface area contributed by atoms with Gasteiger partial charge in [0.05, 0.1) is 11.0 Å². The minimum Gasteiger partial charge on any atom is -0.377 e. The Kier molecular flexibility index (Phi) is 3.97. The smallest absolute Gasteiger partial charge is 0.288 e. The SMILES string of the molecule is Cc1c(Cl)ccc2c1NC(c1ccc(Cl)c([N+](=O)[O-])c1)C1CC=CC21. The normalized spacial score (nSPS) is 23.7. The van der Waals surface area contributed by atoms with Gasteiger partial charge in [-0.1, -0.05) is 47.5 Å². The van der Waals surface area contributed by atoms with Crippen molar-refractivity contribution in [3.63, 3.8) is 0 Å². The quantitative estimate of drug-likeness (QED) is 0.396. The molecule has 2 aromatic rings. The number of rotatable bonds is 2. The van der Waals surface area contributed by atoms with E-state index in [1.165, 1.54) is 5.56 Å². The number of allylic oxidation sites excluding steroid dienone is 2. The average Bonchev–Trinajstić information content (AvgIpc) is 3.07. The lowest BCUT2D eigenvalue weighted by molar-refractivity contribution is -0.384. The fourth-order valence-corrected chi connectivity index (χ4v) is 4.33. The molecule has 2 aliphatic rings. The molecule has 6 heteroatoms. The van der Waals surface area contributed by atoms with Crippen molar-refractivity contribution in [3.8, 4) is 0 Å². The number of halogens is 2. The molecular formula is C19H16Cl2N2O2. The molecule has 0 saturated carbocycles. The van der Waals surface area contributed by atoms with Crippen LogP contribution < -0.4 is 5.32 Å². The third-order valence-corrected chi connectivity index (χ3v) is 5.99. The number of anilines is 1. The molecule has 25 heavy (non-hydrogen) atoms. The summed E-state index contributed by atoms with van der Waals surface area (Å²) in [6, 6.07) is 9.04. The zero-order valence-corrected chi connectivity index (χ0v) is 15.0. The molecule has 0 radical (unpaired) electrons. The molecule has 0 amide bonds. The van der Waals surface area contributed by atoms with Crippen molar-refractivity contribution in [2.75, 3.05) is 5.32 Å². The second-order valence-electron chi connectivity index (χ2n) is 6.58. The maximum absolute atomic E-state index is 11.3. The summed E-state index contributed by atoms with van der Waals surface area (Å²) in [5.74, 6) is 0.598. The van der Waals surface area contributed by atoms with Crippen LogP contribution in [0.2, 0.25) is 10.0 Å². The van der Waals surface area contributed by atoms with E-state index in [9.17, 15) is 10.1 Å². The van der Waals surface area contributed by atoms with E-state index in [2.05, 4.69) is 23.5 Å². The zero-order valence-electron chi connectivity index (χ0n) is 13.5. The molecule has 1 aliphatic heterocycles. The van der Waals surface area contributed by atoms with Crippen molar-refractivity contribution in [1.29, 1.82) is 0 Å². The van der Waals surface area contributed by atoms with Crippen LogP contribution in [0.25, 0.3) is 0 Å². The van der Waals surface area contributed by atoms with Crippen LogP contribution in [0.1, 0.15) is 35.1 Å². The molecule has 0 aromatic heterocycles. The summed E-state index contributed by atoms with van der Waals surface area (Å²) < 4.78 is 0. The highest BCUT2D eigenvalue weighted by molar-refractivity contribution is 6.32. The first-order chi connectivity index (χ1) is 12.0. The van der Waals surface area contributed by atoms with Crippen molar-refractivity contribution in [3.05, 3.63) is 79.3 Å². The van der Waals surface area contributed by atoms with Crippen molar-refractivity contribution < 1.29 is 4.92 Å². The molecule has 0 spiro atoms. The van der Waals surface area contributed by atoms with E-state index in [0.29, 0.717) is 10.9 Å². The number of nitrogens with one attached hydrogen (secondary N) is 1. The molecule has 2 aromatic carbocycles. The third kappa shape index (κ3) is 2.60. The lowest BCUT2D eigenvalue weighted by Gasteiger charge is -2.38. The number of hydrogen-bond donors (Lipinski definition) is 1. The second-order valence-corrected chi connectivity index (χ2v) is 7.39. The lowest BCUT2D eigenvalue weighted by atomic mass is 9.76. The predicted molar refractivity (Wildman–Crippen MR) is 101 cm³/mol. The molecule has 128 valence electrons. The van der Waals surface area contributed by atoms with E-state index in [1.54, 1.807) is 12.1 Å². The topological polar surface area (TPSA) is 55.2 Å². The minimum atomic E-state index is -0.435. The monoisotopic (exact) mass is 374 g/mol. The van der Waals surface area contributed by atoms with Gasteiger partial charge in [0, 0.05) is 22.7 Å². The predicted octanol–water partition coefficient (Wildman–Crippen LogP) is 6.04. The van der Waals surface area contributed by atoms with E-state index in [-0.39, 0.29) is 22.7 Å². The molecule has 0 fully saturated rings. The fraction of sp³-hybridized carbons (Fsp3) is 0.263. The van der Waals surface area contributed by atoms with E-state index < -0.39 is 4.92 Å². The molecule has 3 atom stereocenters. The van der Waals surface area contributed by atoms with E-state index >= 15 is 0 Å². The minimum absolute atomic E-state index is 0.0272. The highest BCUT2D eigenvalue weighted by atomic mass is 35.5. The zero-order chi connectivity index (χ0) is 17.7. The van der Waals surface area contributed by atoms with Gasteiger partial charge in [-0.3, -0.25) is 10.1 Å². The van der Waals surface area contributed by atoms with Gasteiger partial charge in [-0.2, -0.15) is 0 Å². The molecule has 0 bridgehead atoms. The Morgan fingerprint density at radius 2 is 1.96 bits per heavy atom. The maximum Gasteiger partial charge on any atom is 0.288 e. The molecule has 4 rings (SSSR count). The third-order valence-electron chi connectivity index (χ3n) is 5.26. The maximum atomic E-state index is 11.3. The van der Waals surface area contributed by atoms with Crippen LogP contribution in [-0.4, -0.2) is 4.92 Å². The molecule has 1 aliphatic carbocycles. The number of nitro groups is 1. The molecule has 4 nitrogen and oxygen atoms in total. The van der Waals surface area contributed by atoms with Gasteiger partial charge < -0.3 is 5.32 Å². The molecule has 1 heterocycles. The van der Waals surface area contributed by atoms with Crippen LogP contribution >= 0.6 is 23.2 Å². The Bertz CT molecular complexity index is 911. The molecular weight excluding hydrogens is 359 g/mol. The summed E-state index contributed by atoms with van der Waals surface area (Å²) in [6.45, 7) is 1.99. The Morgan fingerprint density at radius 1 is 1.20 bits per heavy atom. The summed E-state index contributed by atoms with van der Waals surface area (Å²) in [5, 5.41) is 15.7. The Labute approximate surface area is 155 Å². The standard InChI is InChI=1S/C19H16Cl2N2O2/c1-10-15(20)8-6-14-12-3-2-4-13(12)19(22-18(10)14)11-5-7-16(21)17(9-11)23(24)25/h2-3,5-9,12-13,19,22H,4H2,1H3. The van der Waals surface area contributed by atoms with Gasteiger partial charge in [0.2, 0.25) is 0 Å². The molecule has 0 saturated heterocycles. The van der Waals surface area contributed by atoms with Gasteiger partial charge in [0.1, 0.15) is 5.02 Å². The van der Waals surface area contributed by atoms with Crippen LogP contribution in [-0.2, 0) is 0 Å². The lowest BCUT2D eigenvalue weighted by Crippen LogP contribution is -2.29. The van der Waals surface area contributed by atoms with Crippen molar-refractivity contribution in [1.82, 2.24) is 0 Å². The first kappa shape index (κ1) is 16.4. The van der Waals surface area contributed by atoms with Crippen molar-refractivity contribution in [2.45, 2.75) is 25.3 Å². The fourth-order valence-electron chi connectivity index (χ4n) is 3.98.